The van der Waals surface area contributed by atoms with Crippen LogP contribution in [0.25, 0.3) is 0 Å². The van der Waals surface area contributed by atoms with E-state index in [-0.39, 0.29) is 17.2 Å². The van der Waals surface area contributed by atoms with Gasteiger partial charge in [-0.2, -0.15) is 0 Å². The summed E-state index contributed by atoms with van der Waals surface area (Å²) in [7, 11) is -3.50. The quantitative estimate of drug-likeness (QED) is 0.464. The van der Waals surface area contributed by atoms with Crippen molar-refractivity contribution in [3.8, 4) is 11.5 Å². The normalized spacial score (nSPS) is 10.9. The molecule has 0 fully saturated rings. The van der Waals surface area contributed by atoms with E-state index < -0.39 is 16.0 Å². The lowest BCUT2D eigenvalue weighted by Crippen LogP contribution is -2.10. The lowest BCUT2D eigenvalue weighted by atomic mass is 10.3. The summed E-state index contributed by atoms with van der Waals surface area (Å²) >= 11 is 0. The second-order valence-corrected chi connectivity index (χ2v) is 4.90. The highest BCUT2D eigenvalue weighted by Gasteiger charge is 2.09. The summed E-state index contributed by atoms with van der Waals surface area (Å²) in [6.07, 6.45) is 0.949. The fourth-order valence-electron chi connectivity index (χ4n) is 1.03. The van der Waals surface area contributed by atoms with Gasteiger partial charge in [-0.3, -0.25) is 9.52 Å². The van der Waals surface area contributed by atoms with Crippen LogP contribution in [0.15, 0.2) is 18.2 Å². The molecular formula is C9H11NO5S. The van der Waals surface area contributed by atoms with Crippen LogP contribution in [0.4, 0.5) is 5.69 Å². The Balaban J connectivity index is 3.04. The molecule has 0 bridgehead atoms. The standard InChI is InChI=1S/C9H11NO5S/c1-6(11)15-7-3-4-9(12)8(5-7)10-16(2,13)14/h3-5,10,12H,1-2H3. The largest absolute Gasteiger partial charge is 0.506 e. The van der Waals surface area contributed by atoms with Gasteiger partial charge in [0.1, 0.15) is 11.5 Å². The summed E-state index contributed by atoms with van der Waals surface area (Å²) in [5.74, 6) is -0.631. The minimum atomic E-state index is -3.50. The van der Waals surface area contributed by atoms with Crippen LogP contribution in [-0.4, -0.2) is 25.7 Å². The van der Waals surface area contributed by atoms with Crippen molar-refractivity contribution >= 4 is 21.7 Å². The van der Waals surface area contributed by atoms with Gasteiger partial charge in [-0.1, -0.05) is 0 Å². The van der Waals surface area contributed by atoms with Gasteiger partial charge in [0.25, 0.3) is 0 Å². The number of esters is 1. The van der Waals surface area contributed by atoms with Gasteiger partial charge in [-0.15, -0.1) is 0 Å². The van der Waals surface area contributed by atoms with Crippen molar-refractivity contribution in [2.45, 2.75) is 6.92 Å². The zero-order chi connectivity index (χ0) is 12.3. The molecule has 0 atom stereocenters. The van der Waals surface area contributed by atoms with Gasteiger partial charge in [0.15, 0.2) is 0 Å². The number of phenols is 1. The molecule has 0 spiro atoms. The third kappa shape index (κ3) is 3.77. The molecule has 6 nitrogen and oxygen atoms in total. The third-order valence-electron chi connectivity index (χ3n) is 1.52. The molecule has 0 aliphatic heterocycles. The lowest BCUT2D eigenvalue weighted by molar-refractivity contribution is -0.131. The predicted molar refractivity (Wildman–Crippen MR) is 57.9 cm³/mol. The summed E-state index contributed by atoms with van der Waals surface area (Å²) in [4.78, 5) is 10.7. The SMILES string of the molecule is CC(=O)Oc1ccc(O)c(NS(C)(=O)=O)c1. The van der Waals surface area contributed by atoms with E-state index >= 15 is 0 Å². The minimum absolute atomic E-state index is 0.0405. The highest BCUT2D eigenvalue weighted by Crippen LogP contribution is 2.28. The predicted octanol–water partition coefficient (Wildman–Crippen LogP) is 0.689. The summed E-state index contributed by atoms with van der Waals surface area (Å²) in [6, 6.07) is 3.80. The molecule has 88 valence electrons. The van der Waals surface area contributed by atoms with E-state index in [4.69, 9.17) is 4.74 Å². The topological polar surface area (TPSA) is 92.7 Å². The third-order valence-corrected chi connectivity index (χ3v) is 2.12. The number of rotatable bonds is 3. The summed E-state index contributed by atoms with van der Waals surface area (Å²) < 4.78 is 28.7. The maximum Gasteiger partial charge on any atom is 0.308 e. The Morgan fingerprint density at radius 1 is 1.44 bits per heavy atom. The molecule has 0 aliphatic carbocycles. The van der Waals surface area contributed by atoms with Crippen LogP contribution in [0.3, 0.4) is 0 Å². The average molecular weight is 245 g/mol. The van der Waals surface area contributed by atoms with Crippen LogP contribution in [0.2, 0.25) is 0 Å². The van der Waals surface area contributed by atoms with E-state index in [0.717, 1.165) is 6.26 Å². The number of benzene rings is 1. The fraction of sp³-hybridized carbons (Fsp3) is 0.222. The molecule has 0 saturated carbocycles. The molecule has 0 saturated heterocycles. The maximum atomic E-state index is 11.0. The van der Waals surface area contributed by atoms with Gasteiger partial charge in [0.2, 0.25) is 10.0 Å². The van der Waals surface area contributed by atoms with Gasteiger partial charge >= 0.3 is 5.97 Å². The number of hydrogen-bond donors (Lipinski definition) is 2. The first-order valence-electron chi connectivity index (χ1n) is 4.27. The maximum absolute atomic E-state index is 11.0. The first-order valence-corrected chi connectivity index (χ1v) is 6.16. The van der Waals surface area contributed by atoms with Crippen molar-refractivity contribution in [1.82, 2.24) is 0 Å². The number of ether oxygens (including phenoxy) is 1. The first-order chi connectivity index (χ1) is 7.28. The molecule has 2 N–H and O–H groups in total. The number of nitrogens with one attached hydrogen (secondary N) is 1. The molecular weight excluding hydrogens is 234 g/mol. The molecule has 1 aromatic carbocycles. The number of phenolic OH excluding ortho intramolecular Hbond substituents is 1. The molecule has 1 aromatic rings. The molecule has 7 heteroatoms. The van der Waals surface area contributed by atoms with Crippen molar-refractivity contribution in [3.05, 3.63) is 18.2 Å². The molecule has 0 heterocycles. The second-order valence-electron chi connectivity index (χ2n) is 3.15. The van der Waals surface area contributed by atoms with Crippen molar-refractivity contribution in [2.75, 3.05) is 11.0 Å². The highest BCUT2D eigenvalue weighted by molar-refractivity contribution is 7.92. The van der Waals surface area contributed by atoms with E-state index in [0.29, 0.717) is 0 Å². The zero-order valence-electron chi connectivity index (χ0n) is 8.72. The van der Waals surface area contributed by atoms with Crippen molar-refractivity contribution in [1.29, 1.82) is 0 Å². The number of sulfonamides is 1. The van der Waals surface area contributed by atoms with Gasteiger partial charge < -0.3 is 9.84 Å². The van der Waals surface area contributed by atoms with E-state index in [1.54, 1.807) is 0 Å². The van der Waals surface area contributed by atoms with Crippen molar-refractivity contribution < 1.29 is 23.1 Å². The van der Waals surface area contributed by atoms with E-state index in [1.165, 1.54) is 25.1 Å². The lowest BCUT2D eigenvalue weighted by Gasteiger charge is -2.08. The Kier molecular flexibility index (Phi) is 3.38. The molecule has 0 unspecified atom stereocenters. The van der Waals surface area contributed by atoms with Crippen LogP contribution >= 0.6 is 0 Å². The monoisotopic (exact) mass is 245 g/mol. The molecule has 0 amide bonds. The summed E-state index contributed by atoms with van der Waals surface area (Å²) in [5, 5.41) is 9.36. The van der Waals surface area contributed by atoms with Crippen LogP contribution < -0.4 is 9.46 Å². The summed E-state index contributed by atoms with van der Waals surface area (Å²) in [6.45, 7) is 1.22. The minimum Gasteiger partial charge on any atom is -0.506 e. The van der Waals surface area contributed by atoms with E-state index in [2.05, 4.69) is 4.72 Å². The van der Waals surface area contributed by atoms with Crippen LogP contribution in [0.5, 0.6) is 11.5 Å². The number of carbonyl (C=O) groups excluding carboxylic acids is 1. The average Bonchev–Trinajstić information content (AvgIpc) is 2.07. The Hall–Kier alpha value is -1.76. The molecule has 0 radical (unpaired) electrons. The fourth-order valence-corrected chi connectivity index (χ4v) is 1.59. The van der Waals surface area contributed by atoms with Crippen molar-refractivity contribution in [3.63, 3.8) is 0 Å². The molecule has 0 aliphatic rings. The van der Waals surface area contributed by atoms with E-state index in [1.807, 2.05) is 0 Å². The first kappa shape index (κ1) is 12.3. The smallest absolute Gasteiger partial charge is 0.308 e. The zero-order valence-corrected chi connectivity index (χ0v) is 9.54. The number of hydrogen-bond acceptors (Lipinski definition) is 5. The Labute approximate surface area is 92.9 Å². The Bertz CT molecular complexity index is 509. The van der Waals surface area contributed by atoms with E-state index in [9.17, 15) is 18.3 Å². The van der Waals surface area contributed by atoms with Crippen LogP contribution in [0, 0.1) is 0 Å². The van der Waals surface area contributed by atoms with Crippen LogP contribution in [0.1, 0.15) is 6.92 Å². The van der Waals surface area contributed by atoms with Gasteiger partial charge in [-0.25, -0.2) is 8.42 Å². The van der Waals surface area contributed by atoms with Gasteiger partial charge in [0.05, 0.1) is 11.9 Å². The summed E-state index contributed by atoms with van der Waals surface area (Å²) in [5.41, 5.74) is -0.0405. The van der Waals surface area contributed by atoms with Gasteiger partial charge in [0, 0.05) is 13.0 Å². The molecule has 1 rings (SSSR count). The molecule has 0 aromatic heterocycles. The van der Waals surface area contributed by atoms with Gasteiger partial charge in [-0.05, 0) is 12.1 Å². The number of aromatic hydroxyl groups is 1. The Morgan fingerprint density at radius 2 is 2.06 bits per heavy atom. The number of carbonyl (C=O) groups is 1. The second kappa shape index (κ2) is 4.40. The number of anilines is 1. The molecule has 16 heavy (non-hydrogen) atoms. The Morgan fingerprint density at radius 3 is 2.56 bits per heavy atom. The van der Waals surface area contributed by atoms with Crippen LogP contribution in [-0.2, 0) is 14.8 Å². The van der Waals surface area contributed by atoms with Crippen molar-refractivity contribution in [2.24, 2.45) is 0 Å². The highest BCUT2D eigenvalue weighted by atomic mass is 32.2.